The number of rotatable bonds is 19. The molecule has 5 amide bonds. The molecule has 65 heavy (non-hydrogen) atoms. The number of amidine groups is 1. The number of halogens is 2. The lowest BCUT2D eigenvalue weighted by Gasteiger charge is -2.39. The van der Waals surface area contributed by atoms with Crippen LogP contribution in [0.3, 0.4) is 0 Å². The summed E-state index contributed by atoms with van der Waals surface area (Å²) in [6.07, 6.45) is 10.2. The van der Waals surface area contributed by atoms with Crippen molar-refractivity contribution < 1.29 is 32.8 Å². The van der Waals surface area contributed by atoms with Crippen molar-refractivity contribution in [2.75, 3.05) is 55.3 Å². The molecule has 350 valence electrons. The van der Waals surface area contributed by atoms with Gasteiger partial charge in [-0.2, -0.15) is 0 Å². The molecule has 0 aliphatic carbocycles. The van der Waals surface area contributed by atoms with E-state index in [1.807, 2.05) is 11.0 Å². The van der Waals surface area contributed by atoms with Gasteiger partial charge in [0.05, 0.1) is 6.54 Å². The number of benzene rings is 2. The number of nitrogens with one attached hydrogen (secondary N) is 7. The minimum Gasteiger partial charge on any atom is -0.393 e. The molecule has 1 atom stereocenters. The number of nitrogens with zero attached hydrogens (tertiary/aromatic N) is 3. The number of hydrogen-bond acceptors (Lipinski definition) is 10. The van der Waals surface area contributed by atoms with Gasteiger partial charge < -0.3 is 41.4 Å². The number of carbonyl (C=O) groups excluding carboxylic acids is 5. The maximum atomic E-state index is 14.5. The van der Waals surface area contributed by atoms with Crippen molar-refractivity contribution in [2.24, 2.45) is 0 Å². The fourth-order valence-corrected chi connectivity index (χ4v) is 9.13. The molecule has 2 saturated heterocycles. The van der Waals surface area contributed by atoms with Gasteiger partial charge in [-0.15, -0.1) is 0 Å². The number of piperidine rings is 2. The molecule has 0 aromatic heterocycles. The number of fused-ring (bicyclic) bond motifs is 1. The van der Waals surface area contributed by atoms with Crippen molar-refractivity contribution in [1.29, 1.82) is 10.8 Å². The third-order valence-corrected chi connectivity index (χ3v) is 12.7. The largest absolute Gasteiger partial charge is 0.393 e. The lowest BCUT2D eigenvalue weighted by Crippen LogP contribution is -2.48. The predicted molar refractivity (Wildman–Crippen MR) is 249 cm³/mol. The van der Waals surface area contributed by atoms with E-state index in [4.69, 9.17) is 5.41 Å². The molecule has 1 unspecified atom stereocenters. The zero-order valence-electron chi connectivity index (χ0n) is 37.6. The van der Waals surface area contributed by atoms with Gasteiger partial charge in [-0.3, -0.25) is 34.7 Å². The summed E-state index contributed by atoms with van der Waals surface area (Å²) < 4.78 is 29.0. The topological polar surface area (TPSA) is 203 Å². The molecule has 0 spiro atoms. The van der Waals surface area contributed by atoms with Crippen LogP contribution in [0, 0.1) is 10.8 Å². The average Bonchev–Trinajstić information content (AvgIpc) is 3.29. The van der Waals surface area contributed by atoms with E-state index in [0.717, 1.165) is 68.8 Å². The van der Waals surface area contributed by atoms with E-state index in [1.165, 1.54) is 19.2 Å². The number of likely N-dealkylation sites (tertiary alicyclic amines) is 1. The quantitative estimate of drug-likeness (QED) is 0.0350. The second kappa shape index (κ2) is 23.2. The summed E-state index contributed by atoms with van der Waals surface area (Å²) in [7, 11) is 1.66. The monoisotopic (exact) mass is 899 g/mol. The second-order valence-electron chi connectivity index (χ2n) is 17.4. The molecule has 0 bridgehead atoms. The number of carbonyl (C=O) groups is 5. The van der Waals surface area contributed by atoms with Gasteiger partial charge in [-0.25, -0.2) is 8.78 Å². The van der Waals surface area contributed by atoms with Crippen LogP contribution in [0.5, 0.6) is 0 Å². The number of allylic oxidation sites excluding steroid dienone is 1. The Labute approximate surface area is 380 Å². The summed E-state index contributed by atoms with van der Waals surface area (Å²) in [6.45, 7) is 3.97. The summed E-state index contributed by atoms with van der Waals surface area (Å²) in [5, 5.41) is 32.2. The summed E-state index contributed by atoms with van der Waals surface area (Å²) in [4.78, 5) is 67.3. The van der Waals surface area contributed by atoms with Gasteiger partial charge in [0.2, 0.25) is 29.5 Å². The minimum atomic E-state index is -2.78. The van der Waals surface area contributed by atoms with Crippen LogP contribution >= 0.6 is 0 Å². The Hall–Kier alpha value is -6.13. The van der Waals surface area contributed by atoms with Crippen molar-refractivity contribution in [2.45, 2.75) is 122 Å². The zero-order valence-corrected chi connectivity index (χ0v) is 37.6. The van der Waals surface area contributed by atoms with Crippen LogP contribution < -0.4 is 31.5 Å². The highest BCUT2D eigenvalue weighted by Gasteiger charge is 2.33. The van der Waals surface area contributed by atoms with Gasteiger partial charge in [0.1, 0.15) is 11.9 Å². The van der Waals surface area contributed by atoms with Crippen LogP contribution in [0.15, 0.2) is 53.9 Å². The number of alkyl halides is 2. The number of anilines is 3. The van der Waals surface area contributed by atoms with Gasteiger partial charge >= 0.3 is 0 Å². The molecule has 2 aromatic rings. The molecular weight excluding hydrogens is 835 g/mol. The van der Waals surface area contributed by atoms with E-state index in [0.29, 0.717) is 98.5 Å². The standard InChI is InChI=1S/C48H64F2N10O5/c1-31(61)59-24-20-40(39(30-59)47(52)60-21-10-11-32-25-37(33(28-51)29-53-2)38(46(49)50)27-42(32)60)54-34-18-22-58(23-19-34)45(64)15-8-6-4-3-5-7-14-43(62)56-36-13-9-12-35(26-36)55-41-16-17-44(63)57-48(41)65/h9,12-13,25-29,34,41,46,51-55H,3-8,10-11,14-24,30H2,1-2H3,(H,56,62)(H,57,63,65)/b33-29+,51-28?,52-47?. The number of hydrogen-bond donors (Lipinski definition) is 7. The number of unbranched alkanes of at least 4 members (excludes halogenated alkanes) is 5. The SMILES string of the molecule is CN/C=C(\C=N)c1cc2c(cc1C(F)F)N(C(=N)C1=C(NC3CCN(C(=O)CCCCCCCCC(=O)Nc4cccc(NC5CCC(=O)NC5=O)c4)CC3)CCN(C(C)=O)C1)CCC2. The highest BCUT2D eigenvalue weighted by molar-refractivity contribution is 6.11. The van der Waals surface area contributed by atoms with Crippen molar-refractivity contribution in [3.8, 4) is 0 Å². The smallest absolute Gasteiger partial charge is 0.264 e. The normalized spacial score (nSPS) is 18.3. The number of aryl methyl sites for hydroxylation is 1. The summed E-state index contributed by atoms with van der Waals surface area (Å²) >= 11 is 0. The first-order valence-electron chi connectivity index (χ1n) is 23.1. The second-order valence-corrected chi connectivity index (χ2v) is 17.4. The van der Waals surface area contributed by atoms with E-state index in [-0.39, 0.29) is 59.9 Å². The molecular formula is C48H64F2N10O5. The van der Waals surface area contributed by atoms with Crippen molar-refractivity contribution >= 4 is 64.2 Å². The average molecular weight is 899 g/mol. The van der Waals surface area contributed by atoms with Gasteiger partial charge in [0, 0.05) is 124 Å². The highest BCUT2D eigenvalue weighted by Crippen LogP contribution is 2.38. The van der Waals surface area contributed by atoms with Crippen LogP contribution in [0.25, 0.3) is 5.57 Å². The van der Waals surface area contributed by atoms with Gasteiger partial charge in [-0.1, -0.05) is 31.7 Å². The molecule has 6 rings (SSSR count). The van der Waals surface area contributed by atoms with Gasteiger partial charge in [-0.05, 0) is 86.4 Å². The van der Waals surface area contributed by atoms with Gasteiger partial charge in [0.25, 0.3) is 6.43 Å². The third kappa shape index (κ3) is 13.0. The highest BCUT2D eigenvalue weighted by atomic mass is 19.3. The maximum Gasteiger partial charge on any atom is 0.264 e. The zero-order chi connectivity index (χ0) is 46.5. The Morgan fingerprint density at radius 2 is 1.60 bits per heavy atom. The first kappa shape index (κ1) is 48.3. The van der Waals surface area contributed by atoms with E-state index in [9.17, 15) is 38.2 Å². The molecule has 0 saturated carbocycles. The lowest BCUT2D eigenvalue weighted by atomic mass is 9.91. The number of amides is 5. The molecule has 7 N–H and O–H groups in total. The van der Waals surface area contributed by atoms with E-state index in [1.54, 1.807) is 41.1 Å². The third-order valence-electron chi connectivity index (χ3n) is 12.7. The van der Waals surface area contributed by atoms with Crippen LogP contribution in [-0.2, 0) is 30.4 Å². The van der Waals surface area contributed by atoms with E-state index < -0.39 is 12.5 Å². The Bertz CT molecular complexity index is 2170. The molecule has 4 heterocycles. The van der Waals surface area contributed by atoms with Crippen LogP contribution in [0.2, 0.25) is 0 Å². The summed E-state index contributed by atoms with van der Waals surface area (Å²) in [6, 6.07) is 9.94. The molecule has 4 aliphatic rings. The molecule has 0 radical (unpaired) electrons. The van der Waals surface area contributed by atoms with E-state index >= 15 is 0 Å². The van der Waals surface area contributed by atoms with Crippen molar-refractivity contribution in [3.63, 3.8) is 0 Å². The Balaban J connectivity index is 0.928. The molecule has 15 nitrogen and oxygen atoms in total. The maximum absolute atomic E-state index is 14.5. The first-order valence-corrected chi connectivity index (χ1v) is 23.1. The number of imide groups is 1. The Morgan fingerprint density at radius 1 is 0.877 bits per heavy atom. The summed E-state index contributed by atoms with van der Waals surface area (Å²) in [5.74, 6) is -0.458. The van der Waals surface area contributed by atoms with Crippen molar-refractivity contribution in [1.82, 2.24) is 25.8 Å². The van der Waals surface area contributed by atoms with Gasteiger partial charge in [0.15, 0.2) is 0 Å². The predicted octanol–water partition coefficient (Wildman–Crippen LogP) is 6.63. The van der Waals surface area contributed by atoms with Crippen LogP contribution in [0.1, 0.15) is 120 Å². The van der Waals surface area contributed by atoms with Crippen LogP contribution in [-0.4, -0.2) is 103 Å². The summed E-state index contributed by atoms with van der Waals surface area (Å²) in [5.41, 5.74) is 4.70. The fourth-order valence-electron chi connectivity index (χ4n) is 9.13. The van der Waals surface area contributed by atoms with Crippen LogP contribution in [0.4, 0.5) is 25.8 Å². The lowest BCUT2D eigenvalue weighted by molar-refractivity contribution is -0.134. The molecule has 4 aliphatic heterocycles. The Kier molecular flexibility index (Phi) is 17.2. The van der Waals surface area contributed by atoms with Crippen molar-refractivity contribution in [3.05, 3.63) is 70.6 Å². The van der Waals surface area contributed by atoms with E-state index in [2.05, 4.69) is 26.6 Å². The first-order chi connectivity index (χ1) is 31.3. The molecule has 2 aromatic carbocycles. The fraction of sp³-hybridized carbons (Fsp3) is 0.521. The molecule has 17 heteroatoms. The minimum absolute atomic E-state index is 0.0774. The molecule has 2 fully saturated rings. The Morgan fingerprint density at radius 3 is 2.29 bits per heavy atom.